The van der Waals surface area contributed by atoms with E-state index in [1.165, 1.54) is 20.6 Å². The Morgan fingerprint density at radius 2 is 2.42 bits per heavy atom. The lowest BCUT2D eigenvalue weighted by Crippen LogP contribution is -2.36. The summed E-state index contributed by atoms with van der Waals surface area (Å²) in [6, 6.07) is -0.733. The summed E-state index contributed by atoms with van der Waals surface area (Å²) < 4.78 is 1.39. The molecule has 0 radical (unpaired) electrons. The maximum Gasteiger partial charge on any atom is 0.373 e. The number of thiazole rings is 1. The highest BCUT2D eigenvalue weighted by Crippen LogP contribution is 2.35. The summed E-state index contributed by atoms with van der Waals surface area (Å²) in [7, 11) is 0. The van der Waals surface area contributed by atoms with E-state index in [2.05, 4.69) is 4.98 Å². The third-order valence-electron chi connectivity index (χ3n) is 3.20. The Morgan fingerprint density at radius 3 is 3.11 bits per heavy atom. The zero-order chi connectivity index (χ0) is 13.6. The summed E-state index contributed by atoms with van der Waals surface area (Å²) in [5.74, 6) is -0.977. The van der Waals surface area contributed by atoms with Gasteiger partial charge < -0.3 is 20.1 Å². The van der Waals surface area contributed by atoms with Crippen molar-refractivity contribution in [3.63, 3.8) is 0 Å². The average Bonchev–Trinajstić information content (AvgIpc) is 3.01. The van der Waals surface area contributed by atoms with E-state index in [1.54, 1.807) is 11.6 Å². The van der Waals surface area contributed by atoms with Crippen molar-refractivity contribution >= 4 is 33.9 Å². The van der Waals surface area contributed by atoms with Gasteiger partial charge in [-0.05, 0) is 17.8 Å². The largest absolute Gasteiger partial charge is 0.480 e. The van der Waals surface area contributed by atoms with Crippen LogP contribution in [0.1, 0.15) is 12.8 Å². The van der Waals surface area contributed by atoms with Gasteiger partial charge in [0.25, 0.3) is 4.96 Å². The van der Waals surface area contributed by atoms with Crippen molar-refractivity contribution in [2.24, 2.45) is 0 Å². The smallest absolute Gasteiger partial charge is 0.373 e. The molecule has 100 valence electrons. The molecule has 1 aliphatic heterocycles. The van der Waals surface area contributed by atoms with Crippen molar-refractivity contribution in [3.05, 3.63) is 21.7 Å². The molecule has 1 atom stereocenters. The zero-order valence-electron chi connectivity index (χ0n) is 9.72. The summed E-state index contributed by atoms with van der Waals surface area (Å²) in [6.07, 6.45) is 2.75. The molecule has 1 saturated heterocycles. The van der Waals surface area contributed by atoms with Gasteiger partial charge in [0.15, 0.2) is 0 Å². The van der Waals surface area contributed by atoms with Crippen LogP contribution in [0.15, 0.2) is 11.6 Å². The van der Waals surface area contributed by atoms with Gasteiger partial charge >= 0.3 is 11.8 Å². The van der Waals surface area contributed by atoms with Crippen LogP contribution in [-0.2, 0) is 4.79 Å². The Morgan fingerprint density at radius 1 is 1.63 bits per heavy atom. The van der Waals surface area contributed by atoms with Crippen LogP contribution >= 0.6 is 11.3 Å². The van der Waals surface area contributed by atoms with E-state index in [-0.39, 0.29) is 11.6 Å². The number of carboxylic acids is 1. The summed E-state index contributed by atoms with van der Waals surface area (Å²) >= 11 is 1.28. The molecule has 0 unspecified atom stereocenters. The highest BCUT2D eigenvalue weighted by Gasteiger charge is 2.37. The van der Waals surface area contributed by atoms with Gasteiger partial charge in [0, 0.05) is 11.9 Å². The summed E-state index contributed by atoms with van der Waals surface area (Å²) in [6.45, 7) is 0.475. The van der Waals surface area contributed by atoms with Crippen molar-refractivity contribution in [2.45, 2.75) is 18.9 Å². The fourth-order valence-electron chi connectivity index (χ4n) is 2.40. The topological polar surface area (TPSA) is 101 Å². The Kier molecular flexibility index (Phi) is 2.63. The second kappa shape index (κ2) is 4.19. The first-order valence-electron chi connectivity index (χ1n) is 5.69. The minimum atomic E-state index is -0.969. The molecule has 3 rings (SSSR count). The third kappa shape index (κ3) is 1.73. The molecule has 2 aromatic heterocycles. The molecule has 0 bridgehead atoms. The maximum atomic E-state index is 11.2. The monoisotopic (exact) mass is 282 g/mol. The van der Waals surface area contributed by atoms with Crippen molar-refractivity contribution in [1.82, 2.24) is 9.38 Å². The van der Waals surface area contributed by atoms with Crippen LogP contribution in [0.25, 0.3) is 4.96 Å². The number of carboxylic acid groups (broad SMARTS) is 1. The minimum absolute atomic E-state index is 0.154. The van der Waals surface area contributed by atoms with Crippen LogP contribution in [0.2, 0.25) is 0 Å². The highest BCUT2D eigenvalue weighted by atomic mass is 32.1. The number of carbonyl (C=O) groups is 1. The number of fused-ring (bicyclic) bond motifs is 1. The molecule has 1 aliphatic rings. The molecule has 1 fully saturated rings. The normalized spacial score (nSPS) is 19.2. The van der Waals surface area contributed by atoms with Gasteiger partial charge in [-0.2, -0.15) is 9.38 Å². The molecule has 0 aromatic carbocycles. The molecule has 0 aliphatic carbocycles. The zero-order valence-corrected chi connectivity index (χ0v) is 10.5. The molecule has 8 nitrogen and oxygen atoms in total. The van der Waals surface area contributed by atoms with E-state index in [9.17, 15) is 14.9 Å². The Labute approximate surface area is 111 Å². The first-order valence-corrected chi connectivity index (χ1v) is 6.57. The Balaban J connectivity index is 2.14. The van der Waals surface area contributed by atoms with Crippen LogP contribution < -0.4 is 4.90 Å². The van der Waals surface area contributed by atoms with Crippen molar-refractivity contribution in [3.8, 4) is 0 Å². The predicted molar refractivity (Wildman–Crippen MR) is 67.7 cm³/mol. The first-order chi connectivity index (χ1) is 9.09. The lowest BCUT2D eigenvalue weighted by molar-refractivity contribution is -0.389. The number of anilines is 1. The molecule has 0 saturated carbocycles. The fourth-order valence-corrected chi connectivity index (χ4v) is 3.11. The van der Waals surface area contributed by atoms with Crippen LogP contribution in [0.4, 0.5) is 11.6 Å². The average molecular weight is 282 g/mol. The molecule has 0 amide bonds. The van der Waals surface area contributed by atoms with Gasteiger partial charge in [0.05, 0.1) is 0 Å². The lowest BCUT2D eigenvalue weighted by Gasteiger charge is -2.20. The van der Waals surface area contributed by atoms with Crippen LogP contribution in [0.5, 0.6) is 0 Å². The maximum absolute atomic E-state index is 11.2. The number of rotatable bonds is 3. The Bertz CT molecular complexity index is 664. The quantitative estimate of drug-likeness (QED) is 0.673. The standard InChI is InChI=1S/C10H10N4O4S/c15-9(16)6-2-1-3-12(6)7-8(14(17)18)13-4-5-19-10(13)11-7/h4-6H,1-3H2,(H,15,16)/t6-/m0/s1. The summed E-state index contributed by atoms with van der Waals surface area (Å²) in [5.41, 5.74) is 0. The van der Waals surface area contributed by atoms with E-state index in [1.807, 2.05) is 0 Å². The van der Waals surface area contributed by atoms with E-state index in [4.69, 9.17) is 5.11 Å². The predicted octanol–water partition coefficient (Wildman–Crippen LogP) is 1.36. The Hall–Kier alpha value is -2.16. The number of imidazole rings is 1. The molecular weight excluding hydrogens is 272 g/mol. The SMILES string of the molecule is O=C(O)[C@@H]1CCCN1c1nc2sccn2c1[N+](=O)[O-]. The number of aromatic nitrogens is 2. The van der Waals surface area contributed by atoms with E-state index in [0.717, 1.165) is 0 Å². The lowest BCUT2D eigenvalue weighted by atomic mass is 10.2. The van der Waals surface area contributed by atoms with Crippen molar-refractivity contribution < 1.29 is 14.8 Å². The van der Waals surface area contributed by atoms with Crippen LogP contribution in [0, 0.1) is 10.1 Å². The van der Waals surface area contributed by atoms with Crippen LogP contribution in [-0.4, -0.2) is 38.0 Å². The number of hydrogen-bond donors (Lipinski definition) is 1. The number of hydrogen-bond acceptors (Lipinski definition) is 6. The second-order valence-corrected chi connectivity index (χ2v) is 5.13. The molecule has 3 heterocycles. The minimum Gasteiger partial charge on any atom is -0.480 e. The number of aliphatic carboxylic acids is 1. The molecule has 1 N–H and O–H groups in total. The fraction of sp³-hybridized carbons (Fsp3) is 0.400. The van der Waals surface area contributed by atoms with E-state index >= 15 is 0 Å². The second-order valence-electron chi connectivity index (χ2n) is 4.26. The number of nitrogens with zero attached hydrogens (tertiary/aromatic N) is 4. The molecule has 2 aromatic rings. The van der Waals surface area contributed by atoms with Crippen LogP contribution in [0.3, 0.4) is 0 Å². The third-order valence-corrected chi connectivity index (χ3v) is 3.96. The summed E-state index contributed by atoms with van der Waals surface area (Å²) in [5, 5.41) is 22.1. The van der Waals surface area contributed by atoms with E-state index in [0.29, 0.717) is 24.3 Å². The van der Waals surface area contributed by atoms with E-state index < -0.39 is 16.9 Å². The van der Waals surface area contributed by atoms with Crippen molar-refractivity contribution in [2.75, 3.05) is 11.4 Å². The van der Waals surface area contributed by atoms with Crippen molar-refractivity contribution in [1.29, 1.82) is 0 Å². The molecule has 19 heavy (non-hydrogen) atoms. The molecule has 0 spiro atoms. The van der Waals surface area contributed by atoms with Gasteiger partial charge in [-0.25, -0.2) is 4.79 Å². The summed E-state index contributed by atoms with van der Waals surface area (Å²) in [4.78, 5) is 28.1. The highest BCUT2D eigenvalue weighted by molar-refractivity contribution is 7.15. The van der Waals surface area contributed by atoms with Gasteiger partial charge in [0.1, 0.15) is 12.2 Å². The molecular formula is C10H10N4O4S. The van der Waals surface area contributed by atoms with Gasteiger partial charge in [-0.1, -0.05) is 11.3 Å². The van der Waals surface area contributed by atoms with Gasteiger partial charge in [0.2, 0.25) is 5.82 Å². The first kappa shape index (κ1) is 11.9. The number of nitro groups is 1. The van der Waals surface area contributed by atoms with Gasteiger partial charge in [-0.3, -0.25) is 0 Å². The van der Waals surface area contributed by atoms with Gasteiger partial charge in [-0.15, -0.1) is 0 Å². The molecule has 9 heteroatoms.